The van der Waals surface area contributed by atoms with Crippen LogP contribution >= 0.6 is 11.8 Å². The van der Waals surface area contributed by atoms with Crippen LogP contribution in [0.25, 0.3) is 10.9 Å². The number of benzene rings is 1. The fraction of sp³-hybridized carbons (Fsp3) is 0.0909. The molecule has 0 bridgehead atoms. The largest absolute Gasteiger partial charge is 0.505 e. The van der Waals surface area contributed by atoms with Crippen LogP contribution in [0.15, 0.2) is 47.7 Å². The molecule has 0 N–H and O–H groups in total. The summed E-state index contributed by atoms with van der Waals surface area (Å²) in [7, 11) is 0. The van der Waals surface area contributed by atoms with Gasteiger partial charge in [-0.3, -0.25) is 0 Å². The molecule has 0 saturated heterocycles. The van der Waals surface area contributed by atoms with Crippen LogP contribution in [0.3, 0.4) is 0 Å². The van der Waals surface area contributed by atoms with E-state index in [0.717, 1.165) is 22.7 Å². The third kappa shape index (κ3) is 2.84. The minimum absolute atomic E-state index is 0.204. The Morgan fingerprint density at radius 2 is 1.94 bits per heavy atom. The van der Waals surface area contributed by atoms with Crippen molar-refractivity contribution in [1.29, 1.82) is 0 Å². The van der Waals surface area contributed by atoms with E-state index in [4.69, 9.17) is 0 Å². The van der Waals surface area contributed by atoms with Gasteiger partial charge in [0, 0.05) is 5.39 Å². The highest BCUT2D eigenvalue weighted by atomic mass is 32.2. The van der Waals surface area contributed by atoms with Crippen LogP contribution in [0.5, 0.6) is 0 Å². The molecule has 94 valence electrons. The predicted molar refractivity (Wildman–Crippen MR) is 68.5 cm³/mol. The molecule has 0 radical (unpaired) electrons. The first kappa shape index (κ1) is 12.9. The Hall–Kier alpha value is -1.50. The highest BCUT2D eigenvalue weighted by Gasteiger charge is 2.26. The number of hydrogen-bond acceptors (Lipinski definition) is 3. The summed E-state index contributed by atoms with van der Waals surface area (Å²) >= 11 is 1.03. The second-order valence-electron chi connectivity index (χ2n) is 3.72. The molecule has 0 aliphatic heterocycles. The maximum atomic E-state index is 12.4. The van der Waals surface area contributed by atoms with E-state index in [1.807, 2.05) is 6.07 Å². The number of para-hydroxylation sites is 1. The van der Waals surface area contributed by atoms with Crippen LogP contribution in [0.1, 0.15) is 0 Å². The SMILES string of the molecule is C=C(CSc1ncnc2ccccc12)[B-](F)(F)F. The average molecular weight is 269 g/mol. The number of thioether (sulfide) groups is 1. The van der Waals surface area contributed by atoms with Crippen LogP contribution in [-0.4, -0.2) is 22.7 Å². The first-order valence-corrected chi connectivity index (χ1v) is 6.17. The van der Waals surface area contributed by atoms with Gasteiger partial charge in [-0.05, 0) is 11.8 Å². The van der Waals surface area contributed by atoms with Gasteiger partial charge in [-0.2, -0.15) is 0 Å². The second-order valence-corrected chi connectivity index (χ2v) is 4.68. The summed E-state index contributed by atoms with van der Waals surface area (Å²) in [5.74, 6) is -0.204. The van der Waals surface area contributed by atoms with Gasteiger partial charge in [-0.25, -0.2) is 9.97 Å². The summed E-state index contributed by atoms with van der Waals surface area (Å²) in [6.45, 7) is -1.92. The van der Waals surface area contributed by atoms with E-state index in [2.05, 4.69) is 16.5 Å². The molecular formula is C11H9BF3N2S-. The summed E-state index contributed by atoms with van der Waals surface area (Å²) in [5.41, 5.74) is 0.0147. The molecule has 1 heterocycles. The van der Waals surface area contributed by atoms with Gasteiger partial charge in [-0.15, -0.1) is 23.8 Å². The minimum atomic E-state index is -4.98. The molecule has 7 heteroatoms. The molecule has 2 nitrogen and oxygen atoms in total. The third-order valence-corrected chi connectivity index (χ3v) is 3.48. The Kier molecular flexibility index (Phi) is 3.61. The van der Waals surface area contributed by atoms with Crippen LogP contribution in [0, 0.1) is 0 Å². The number of nitrogens with zero attached hydrogens (tertiary/aromatic N) is 2. The normalized spacial score (nSPS) is 11.7. The van der Waals surface area contributed by atoms with Gasteiger partial charge in [0.2, 0.25) is 0 Å². The standard InChI is InChI=1S/C11H9BF3N2S/c1-8(12(13,14)15)6-18-11-9-4-2-3-5-10(9)16-7-17-11/h2-5,7H,1,6H2/q-1. The highest BCUT2D eigenvalue weighted by Crippen LogP contribution is 2.29. The summed E-state index contributed by atoms with van der Waals surface area (Å²) in [6.07, 6.45) is 1.35. The van der Waals surface area contributed by atoms with E-state index in [1.54, 1.807) is 18.2 Å². The number of rotatable bonds is 4. The predicted octanol–water partition coefficient (Wildman–Crippen LogP) is 3.66. The Bertz CT molecular complexity index is 581. The lowest BCUT2D eigenvalue weighted by atomic mass is 9.82. The van der Waals surface area contributed by atoms with Gasteiger partial charge in [0.15, 0.2) is 0 Å². The van der Waals surface area contributed by atoms with Crippen molar-refractivity contribution in [1.82, 2.24) is 9.97 Å². The first-order valence-electron chi connectivity index (χ1n) is 5.18. The molecule has 0 aliphatic carbocycles. The van der Waals surface area contributed by atoms with Crippen molar-refractivity contribution < 1.29 is 12.9 Å². The number of fused-ring (bicyclic) bond motifs is 1. The lowest BCUT2D eigenvalue weighted by Gasteiger charge is -2.17. The second kappa shape index (κ2) is 5.01. The van der Waals surface area contributed by atoms with Gasteiger partial charge in [0.25, 0.3) is 0 Å². The van der Waals surface area contributed by atoms with Crippen LogP contribution < -0.4 is 0 Å². The van der Waals surface area contributed by atoms with E-state index in [1.165, 1.54) is 6.33 Å². The van der Waals surface area contributed by atoms with Crippen molar-refractivity contribution in [3.63, 3.8) is 0 Å². The molecule has 1 aromatic heterocycles. The molecule has 0 amide bonds. The number of aromatic nitrogens is 2. The topological polar surface area (TPSA) is 25.8 Å². The summed E-state index contributed by atoms with van der Waals surface area (Å²) in [5, 5.41) is 1.30. The van der Waals surface area contributed by atoms with Gasteiger partial charge in [0.1, 0.15) is 11.4 Å². The number of halogens is 3. The highest BCUT2D eigenvalue weighted by molar-refractivity contribution is 7.99. The maximum absolute atomic E-state index is 12.4. The molecule has 0 atom stereocenters. The molecule has 0 unspecified atom stereocenters. The quantitative estimate of drug-likeness (QED) is 0.481. The molecule has 0 saturated carbocycles. The van der Waals surface area contributed by atoms with Crippen molar-refractivity contribution in [3.05, 3.63) is 42.6 Å². The van der Waals surface area contributed by atoms with Crippen molar-refractivity contribution >= 4 is 29.6 Å². The number of hydrogen-bond donors (Lipinski definition) is 0. The van der Waals surface area contributed by atoms with Crippen LogP contribution in [-0.2, 0) is 0 Å². The van der Waals surface area contributed by atoms with Crippen LogP contribution in [0.2, 0.25) is 0 Å². The van der Waals surface area contributed by atoms with E-state index >= 15 is 0 Å². The van der Waals surface area contributed by atoms with Crippen molar-refractivity contribution in [2.45, 2.75) is 5.03 Å². The monoisotopic (exact) mass is 269 g/mol. The summed E-state index contributed by atoms with van der Waals surface area (Å²) in [6, 6.07) is 7.21. The Morgan fingerprint density at radius 3 is 2.67 bits per heavy atom. The van der Waals surface area contributed by atoms with Gasteiger partial charge in [0.05, 0.1) is 5.52 Å². The van der Waals surface area contributed by atoms with Gasteiger partial charge < -0.3 is 12.9 Å². The van der Waals surface area contributed by atoms with E-state index < -0.39 is 12.4 Å². The lowest BCUT2D eigenvalue weighted by Crippen LogP contribution is -2.20. The molecule has 2 rings (SSSR count). The zero-order chi connectivity index (χ0) is 13.2. The Balaban J connectivity index is 2.20. The molecule has 18 heavy (non-hydrogen) atoms. The van der Waals surface area contributed by atoms with Crippen LogP contribution in [0.4, 0.5) is 12.9 Å². The van der Waals surface area contributed by atoms with E-state index in [9.17, 15) is 12.9 Å². The zero-order valence-corrected chi connectivity index (χ0v) is 10.1. The van der Waals surface area contributed by atoms with Crippen molar-refractivity contribution in [3.8, 4) is 0 Å². The summed E-state index contributed by atoms with van der Waals surface area (Å²) in [4.78, 5) is 8.06. The van der Waals surface area contributed by atoms with E-state index in [-0.39, 0.29) is 5.75 Å². The maximum Gasteiger partial charge on any atom is 0.505 e. The first-order chi connectivity index (χ1) is 8.48. The van der Waals surface area contributed by atoms with Gasteiger partial charge >= 0.3 is 6.98 Å². The third-order valence-electron chi connectivity index (χ3n) is 2.36. The molecule has 1 aromatic carbocycles. The molecule has 0 aliphatic rings. The fourth-order valence-electron chi connectivity index (χ4n) is 1.35. The Labute approximate surface area is 106 Å². The summed E-state index contributed by atoms with van der Waals surface area (Å²) < 4.78 is 37.1. The smallest absolute Gasteiger partial charge is 0.445 e. The molecule has 0 fully saturated rings. The Morgan fingerprint density at radius 1 is 1.22 bits per heavy atom. The lowest BCUT2D eigenvalue weighted by molar-refractivity contribution is 0.491. The minimum Gasteiger partial charge on any atom is -0.445 e. The zero-order valence-electron chi connectivity index (χ0n) is 9.31. The molecular weight excluding hydrogens is 260 g/mol. The fourth-order valence-corrected chi connectivity index (χ4v) is 2.31. The van der Waals surface area contributed by atoms with E-state index in [0.29, 0.717) is 5.03 Å². The molecule has 2 aromatic rings. The molecule has 0 spiro atoms. The van der Waals surface area contributed by atoms with Crippen molar-refractivity contribution in [2.75, 3.05) is 5.75 Å². The van der Waals surface area contributed by atoms with Gasteiger partial charge in [-0.1, -0.05) is 18.2 Å². The average Bonchev–Trinajstić information content (AvgIpc) is 2.34. The van der Waals surface area contributed by atoms with Crippen molar-refractivity contribution in [2.24, 2.45) is 0 Å².